The first-order chi connectivity index (χ1) is 12.5. The molecule has 1 rings (SSSR count). The number of hydrogen-bond acceptors (Lipinski definition) is 4. The molecule has 0 radical (unpaired) electrons. The number of nitrogens with one attached hydrogen (secondary N) is 2. The zero-order valence-corrected chi connectivity index (χ0v) is 16.0. The summed E-state index contributed by atoms with van der Waals surface area (Å²) in [6.45, 7) is 3.49. The van der Waals surface area contributed by atoms with E-state index in [4.69, 9.17) is 9.84 Å². The van der Waals surface area contributed by atoms with Gasteiger partial charge < -0.3 is 20.5 Å². The summed E-state index contributed by atoms with van der Waals surface area (Å²) in [7, 11) is 1.53. The maximum atomic E-state index is 12.3. The Morgan fingerprint density at radius 1 is 1.23 bits per heavy atom. The lowest BCUT2D eigenvalue weighted by Gasteiger charge is -2.10. The molecule has 3 N–H and O–H groups in total. The van der Waals surface area contributed by atoms with Gasteiger partial charge in [-0.1, -0.05) is 40.7 Å². The highest BCUT2D eigenvalue weighted by Gasteiger charge is 2.13. The van der Waals surface area contributed by atoms with Crippen LogP contribution in [-0.4, -0.2) is 37.2 Å². The average Bonchev–Trinajstić information content (AvgIpc) is 2.67. The molecule has 0 aliphatic rings. The molecule has 1 aromatic rings. The van der Waals surface area contributed by atoms with Gasteiger partial charge >= 0.3 is 0 Å². The summed E-state index contributed by atoms with van der Waals surface area (Å²) in [6.07, 6.45) is 8.11. The molecular weight excluding hydrogens is 400 g/mol. The second-order valence-corrected chi connectivity index (χ2v) is 5.80. The Kier molecular flexibility index (Phi) is 9.74. The van der Waals surface area contributed by atoms with Gasteiger partial charge in [-0.05, 0) is 36.4 Å². The second-order valence-electron chi connectivity index (χ2n) is 4.88. The number of rotatable bonds is 9. The highest BCUT2D eigenvalue weighted by Crippen LogP contribution is 2.11. The van der Waals surface area contributed by atoms with E-state index in [-0.39, 0.29) is 18.8 Å². The van der Waals surface area contributed by atoms with Crippen molar-refractivity contribution < 1.29 is 19.4 Å². The molecule has 0 heterocycles. The molecule has 138 valence electrons. The third-order valence-corrected chi connectivity index (χ3v) is 3.65. The Hall–Kier alpha value is -2.64. The summed E-state index contributed by atoms with van der Waals surface area (Å²) in [5.41, 5.74) is 0.434. The molecule has 0 bridgehead atoms. The van der Waals surface area contributed by atoms with Crippen molar-refractivity contribution in [1.29, 1.82) is 0 Å². The number of hydrogen-bond donors (Lipinski definition) is 3. The predicted molar refractivity (Wildman–Crippen MR) is 105 cm³/mol. The number of methoxy groups -OCH3 is 1. The summed E-state index contributed by atoms with van der Waals surface area (Å²) < 4.78 is 5.82. The number of allylic oxidation sites excluding steroid dienone is 6. The fourth-order valence-corrected chi connectivity index (χ4v) is 1.90. The van der Waals surface area contributed by atoms with Crippen LogP contribution in [0.15, 0.2) is 71.4 Å². The minimum Gasteiger partial charge on any atom is -0.497 e. The maximum Gasteiger partial charge on any atom is 0.267 e. The van der Waals surface area contributed by atoms with Crippen LogP contribution < -0.4 is 15.4 Å². The lowest BCUT2D eigenvalue weighted by Crippen LogP contribution is -2.36. The van der Waals surface area contributed by atoms with Crippen LogP contribution in [0.3, 0.4) is 0 Å². The summed E-state index contributed by atoms with van der Waals surface area (Å²) in [5, 5.41) is 13.9. The quantitative estimate of drug-likeness (QED) is 0.422. The second kappa shape index (κ2) is 11.8. The van der Waals surface area contributed by atoms with Crippen LogP contribution in [-0.2, 0) is 4.79 Å². The molecule has 2 amide bonds. The summed E-state index contributed by atoms with van der Waals surface area (Å²) in [6, 6.07) is 6.50. The van der Waals surface area contributed by atoms with E-state index in [0.29, 0.717) is 11.3 Å². The van der Waals surface area contributed by atoms with Crippen LogP contribution in [0.25, 0.3) is 0 Å². The topological polar surface area (TPSA) is 87.7 Å². The molecule has 0 saturated carbocycles. The first kappa shape index (κ1) is 21.4. The highest BCUT2D eigenvalue weighted by atomic mass is 79.9. The minimum atomic E-state index is -0.502. The van der Waals surface area contributed by atoms with Gasteiger partial charge in [0.15, 0.2) is 0 Å². The van der Waals surface area contributed by atoms with Crippen molar-refractivity contribution in [1.82, 2.24) is 10.6 Å². The lowest BCUT2D eigenvalue weighted by molar-refractivity contribution is -0.117. The van der Waals surface area contributed by atoms with Crippen LogP contribution in [0.4, 0.5) is 0 Å². The monoisotopic (exact) mass is 420 g/mol. The van der Waals surface area contributed by atoms with E-state index in [1.165, 1.54) is 13.2 Å². The Morgan fingerprint density at radius 3 is 2.46 bits per heavy atom. The van der Waals surface area contributed by atoms with Crippen LogP contribution in [0, 0.1) is 0 Å². The Labute approximate surface area is 161 Å². The largest absolute Gasteiger partial charge is 0.497 e. The normalized spacial score (nSPS) is 12.0. The summed E-state index contributed by atoms with van der Waals surface area (Å²) in [4.78, 5) is 24.5. The maximum absolute atomic E-state index is 12.3. The van der Waals surface area contributed by atoms with Crippen molar-refractivity contribution in [2.75, 3.05) is 20.3 Å². The van der Waals surface area contributed by atoms with Crippen molar-refractivity contribution in [3.63, 3.8) is 0 Å². The molecule has 0 aliphatic carbocycles. The van der Waals surface area contributed by atoms with Gasteiger partial charge in [0.2, 0.25) is 0 Å². The first-order valence-electron chi connectivity index (χ1n) is 7.73. The number of halogens is 1. The molecule has 0 atom stereocenters. The van der Waals surface area contributed by atoms with Gasteiger partial charge in [0, 0.05) is 16.6 Å². The van der Waals surface area contributed by atoms with E-state index in [2.05, 4.69) is 33.1 Å². The summed E-state index contributed by atoms with van der Waals surface area (Å²) in [5.74, 6) is -0.313. The minimum absolute atomic E-state index is 0.0543. The number of benzene rings is 1. The molecule has 0 fully saturated rings. The van der Waals surface area contributed by atoms with E-state index in [1.54, 1.807) is 48.6 Å². The van der Waals surface area contributed by atoms with Gasteiger partial charge in [-0.15, -0.1) is 0 Å². The van der Waals surface area contributed by atoms with Gasteiger partial charge in [0.05, 0.1) is 13.7 Å². The van der Waals surface area contributed by atoms with Crippen molar-refractivity contribution in [3.8, 4) is 5.75 Å². The third-order valence-electron chi connectivity index (χ3n) is 3.07. The van der Waals surface area contributed by atoms with E-state index in [0.717, 1.165) is 4.48 Å². The van der Waals surface area contributed by atoms with Gasteiger partial charge in [0.25, 0.3) is 11.8 Å². The van der Waals surface area contributed by atoms with E-state index in [9.17, 15) is 9.59 Å². The average molecular weight is 421 g/mol. The third kappa shape index (κ3) is 7.50. The number of aliphatic hydroxyl groups is 1. The Morgan fingerprint density at radius 2 is 1.88 bits per heavy atom. The molecule has 6 nitrogen and oxygen atoms in total. The fourth-order valence-electron chi connectivity index (χ4n) is 1.74. The SMILES string of the molecule is C=CC(Br)=CC=CC=C(NC(=O)c1ccc(OC)cc1)C(=O)NCCO. The molecule has 0 unspecified atom stereocenters. The predicted octanol–water partition coefficient (Wildman–Crippen LogP) is 2.44. The molecule has 26 heavy (non-hydrogen) atoms. The van der Waals surface area contributed by atoms with Gasteiger partial charge in [-0.2, -0.15) is 0 Å². The number of amides is 2. The standard InChI is InChI=1S/C19H21BrN2O4/c1-3-15(20)6-4-5-7-17(19(25)21-12-13-23)22-18(24)14-8-10-16(26-2)11-9-14/h3-11,23H,1,12-13H2,2H3,(H,21,25)(H,22,24). The molecule has 0 saturated heterocycles. The van der Waals surface area contributed by atoms with Gasteiger partial charge in [-0.25, -0.2) is 0 Å². The van der Waals surface area contributed by atoms with Crippen LogP contribution >= 0.6 is 15.9 Å². The van der Waals surface area contributed by atoms with Crippen molar-refractivity contribution in [3.05, 3.63) is 77.0 Å². The number of ether oxygens (including phenoxy) is 1. The van der Waals surface area contributed by atoms with Crippen LogP contribution in [0.2, 0.25) is 0 Å². The summed E-state index contributed by atoms with van der Waals surface area (Å²) >= 11 is 3.27. The molecule has 0 aromatic heterocycles. The molecule has 1 aromatic carbocycles. The zero-order chi connectivity index (χ0) is 19.4. The molecule has 0 spiro atoms. The number of aliphatic hydroxyl groups excluding tert-OH is 1. The molecule has 0 aliphatic heterocycles. The smallest absolute Gasteiger partial charge is 0.267 e. The highest BCUT2D eigenvalue weighted by molar-refractivity contribution is 9.11. The van der Waals surface area contributed by atoms with Gasteiger partial charge in [0.1, 0.15) is 11.4 Å². The molecule has 7 heteroatoms. The van der Waals surface area contributed by atoms with Crippen LogP contribution in [0.5, 0.6) is 5.75 Å². The van der Waals surface area contributed by atoms with E-state index >= 15 is 0 Å². The van der Waals surface area contributed by atoms with Crippen molar-refractivity contribution in [2.24, 2.45) is 0 Å². The first-order valence-corrected chi connectivity index (χ1v) is 8.52. The van der Waals surface area contributed by atoms with Crippen molar-refractivity contribution in [2.45, 2.75) is 0 Å². The molecular formula is C19H21BrN2O4. The fraction of sp³-hybridized carbons (Fsp3) is 0.158. The number of carbonyl (C=O) groups excluding carboxylic acids is 2. The zero-order valence-electron chi connectivity index (χ0n) is 14.4. The van der Waals surface area contributed by atoms with E-state index < -0.39 is 11.8 Å². The van der Waals surface area contributed by atoms with E-state index in [1.807, 2.05) is 0 Å². The Bertz CT molecular complexity index is 722. The van der Waals surface area contributed by atoms with Crippen molar-refractivity contribution >= 4 is 27.7 Å². The van der Waals surface area contributed by atoms with Crippen LogP contribution in [0.1, 0.15) is 10.4 Å². The number of carbonyl (C=O) groups is 2. The lowest BCUT2D eigenvalue weighted by atomic mass is 10.2. The van der Waals surface area contributed by atoms with Gasteiger partial charge in [-0.3, -0.25) is 9.59 Å². The Balaban J connectivity index is 2.93.